The van der Waals surface area contributed by atoms with Crippen LogP contribution in [-0.4, -0.2) is 32.3 Å². The largest absolute Gasteiger partial charge is 0.351 e. The molecule has 0 aliphatic rings. The van der Waals surface area contributed by atoms with Gasteiger partial charge in [-0.15, -0.1) is 10.2 Å². The molecule has 0 aliphatic carbocycles. The van der Waals surface area contributed by atoms with Crippen molar-refractivity contribution in [2.45, 2.75) is 38.6 Å². The second-order valence-corrected chi connectivity index (χ2v) is 7.69. The highest BCUT2D eigenvalue weighted by molar-refractivity contribution is 7.99. The number of nitrogens with zero attached hydrogens (tertiary/aromatic N) is 3. The molecule has 0 fully saturated rings. The zero-order valence-electron chi connectivity index (χ0n) is 17.1. The number of thioether (sulfide) groups is 1. The molecule has 2 aromatic carbocycles. The Morgan fingerprint density at radius 2 is 1.70 bits per heavy atom. The molecule has 0 spiro atoms. The van der Waals surface area contributed by atoms with Gasteiger partial charge in [0.1, 0.15) is 0 Å². The van der Waals surface area contributed by atoms with Gasteiger partial charge in [0.2, 0.25) is 5.91 Å². The summed E-state index contributed by atoms with van der Waals surface area (Å²) >= 11 is 1.33. The zero-order chi connectivity index (χ0) is 21.3. The summed E-state index contributed by atoms with van der Waals surface area (Å²) in [6, 6.07) is 17.2. The molecule has 0 bridgehead atoms. The van der Waals surface area contributed by atoms with Gasteiger partial charge < -0.3 is 15.2 Å². The van der Waals surface area contributed by atoms with E-state index >= 15 is 0 Å². The van der Waals surface area contributed by atoms with Crippen LogP contribution in [0.3, 0.4) is 0 Å². The van der Waals surface area contributed by atoms with Crippen molar-refractivity contribution in [2.24, 2.45) is 0 Å². The first-order valence-electron chi connectivity index (χ1n) is 9.77. The SMILES string of the molecule is CCn1c(CNC(=O)c2ccc(C)cc2)nnc1SCC(=O)NCc1ccccc1. The Balaban J connectivity index is 1.51. The lowest BCUT2D eigenvalue weighted by Gasteiger charge is -2.09. The molecule has 0 aliphatic heterocycles. The zero-order valence-corrected chi connectivity index (χ0v) is 17.9. The summed E-state index contributed by atoms with van der Waals surface area (Å²) in [7, 11) is 0. The van der Waals surface area contributed by atoms with E-state index in [9.17, 15) is 9.59 Å². The van der Waals surface area contributed by atoms with Crippen LogP contribution in [0.4, 0.5) is 0 Å². The predicted octanol–water partition coefficient (Wildman–Crippen LogP) is 2.94. The van der Waals surface area contributed by atoms with Crippen LogP contribution in [0.5, 0.6) is 0 Å². The van der Waals surface area contributed by atoms with Crippen molar-refractivity contribution in [1.82, 2.24) is 25.4 Å². The third kappa shape index (κ3) is 5.93. The maximum Gasteiger partial charge on any atom is 0.251 e. The summed E-state index contributed by atoms with van der Waals surface area (Å²) < 4.78 is 1.91. The summed E-state index contributed by atoms with van der Waals surface area (Å²) in [6.07, 6.45) is 0. The fourth-order valence-corrected chi connectivity index (χ4v) is 3.67. The minimum Gasteiger partial charge on any atom is -0.351 e. The van der Waals surface area contributed by atoms with Crippen molar-refractivity contribution in [3.05, 3.63) is 77.1 Å². The van der Waals surface area contributed by atoms with Gasteiger partial charge in [0.15, 0.2) is 11.0 Å². The van der Waals surface area contributed by atoms with Crippen LogP contribution in [0.2, 0.25) is 0 Å². The second-order valence-electron chi connectivity index (χ2n) is 6.74. The fourth-order valence-electron chi connectivity index (χ4n) is 2.82. The highest BCUT2D eigenvalue weighted by atomic mass is 32.2. The van der Waals surface area contributed by atoms with Crippen LogP contribution in [0.25, 0.3) is 0 Å². The number of carbonyl (C=O) groups excluding carboxylic acids is 2. The molecule has 0 atom stereocenters. The standard InChI is InChI=1S/C22H25N5O2S/c1-3-27-19(14-24-21(29)18-11-9-16(2)10-12-18)25-26-22(27)30-15-20(28)23-13-17-7-5-4-6-8-17/h4-12H,3,13-15H2,1-2H3,(H,23,28)(H,24,29). The number of aryl methyl sites for hydroxylation is 1. The maximum absolute atomic E-state index is 12.3. The van der Waals surface area contributed by atoms with Crippen molar-refractivity contribution in [3.63, 3.8) is 0 Å². The molecule has 3 rings (SSSR count). The van der Waals surface area contributed by atoms with E-state index < -0.39 is 0 Å². The lowest BCUT2D eigenvalue weighted by Crippen LogP contribution is -2.25. The molecule has 0 unspecified atom stereocenters. The second kappa shape index (κ2) is 10.6. The molecule has 3 aromatic rings. The van der Waals surface area contributed by atoms with Crippen molar-refractivity contribution < 1.29 is 9.59 Å². The molecule has 30 heavy (non-hydrogen) atoms. The Bertz CT molecular complexity index is 987. The van der Waals surface area contributed by atoms with Crippen LogP contribution in [0.15, 0.2) is 59.8 Å². The van der Waals surface area contributed by atoms with Gasteiger partial charge in [0.05, 0.1) is 12.3 Å². The summed E-state index contributed by atoms with van der Waals surface area (Å²) in [6.45, 7) is 5.38. The Labute approximate surface area is 180 Å². The van der Waals surface area contributed by atoms with Crippen LogP contribution in [0, 0.1) is 6.92 Å². The molecular weight excluding hydrogens is 398 g/mol. The van der Waals surface area contributed by atoms with E-state index in [1.807, 2.05) is 60.9 Å². The minimum atomic E-state index is -0.157. The normalized spacial score (nSPS) is 10.6. The van der Waals surface area contributed by atoms with E-state index in [-0.39, 0.29) is 24.1 Å². The predicted molar refractivity (Wildman–Crippen MR) is 117 cm³/mol. The Hall–Kier alpha value is -3.13. The highest BCUT2D eigenvalue weighted by Gasteiger charge is 2.14. The summed E-state index contributed by atoms with van der Waals surface area (Å²) in [4.78, 5) is 24.5. The van der Waals surface area contributed by atoms with Gasteiger partial charge in [-0.25, -0.2) is 0 Å². The topological polar surface area (TPSA) is 88.9 Å². The highest BCUT2D eigenvalue weighted by Crippen LogP contribution is 2.17. The molecule has 7 nitrogen and oxygen atoms in total. The van der Waals surface area contributed by atoms with E-state index in [4.69, 9.17) is 0 Å². The molecule has 1 heterocycles. The van der Waals surface area contributed by atoms with Crippen molar-refractivity contribution >= 4 is 23.6 Å². The fraction of sp³-hybridized carbons (Fsp3) is 0.273. The third-order valence-corrected chi connectivity index (χ3v) is 5.46. The van der Waals surface area contributed by atoms with Gasteiger partial charge in [-0.2, -0.15) is 0 Å². The number of hydrogen-bond acceptors (Lipinski definition) is 5. The molecule has 2 N–H and O–H groups in total. The van der Waals surface area contributed by atoms with Crippen molar-refractivity contribution in [3.8, 4) is 0 Å². The molecule has 1 aromatic heterocycles. The van der Waals surface area contributed by atoms with E-state index in [0.717, 1.165) is 11.1 Å². The Morgan fingerprint density at radius 1 is 0.967 bits per heavy atom. The number of amides is 2. The summed E-state index contributed by atoms with van der Waals surface area (Å²) in [5.74, 6) is 0.685. The molecular formula is C22H25N5O2S. The smallest absolute Gasteiger partial charge is 0.251 e. The third-order valence-electron chi connectivity index (χ3n) is 4.50. The van der Waals surface area contributed by atoms with Gasteiger partial charge in [-0.1, -0.05) is 59.8 Å². The van der Waals surface area contributed by atoms with Crippen LogP contribution >= 0.6 is 11.8 Å². The minimum absolute atomic E-state index is 0.0660. The molecule has 8 heteroatoms. The number of rotatable bonds is 9. The summed E-state index contributed by atoms with van der Waals surface area (Å²) in [5.41, 5.74) is 2.76. The van der Waals surface area contributed by atoms with Crippen molar-refractivity contribution in [2.75, 3.05) is 5.75 Å². The number of carbonyl (C=O) groups is 2. The monoisotopic (exact) mass is 423 g/mol. The van der Waals surface area contributed by atoms with E-state index in [1.165, 1.54) is 11.8 Å². The van der Waals surface area contributed by atoms with Gasteiger partial charge in [0.25, 0.3) is 5.91 Å². The molecule has 2 amide bonds. The van der Waals surface area contributed by atoms with Crippen LogP contribution in [0.1, 0.15) is 34.2 Å². The number of aromatic nitrogens is 3. The molecule has 0 saturated carbocycles. The number of hydrogen-bond donors (Lipinski definition) is 2. The average Bonchev–Trinajstić information content (AvgIpc) is 3.17. The van der Waals surface area contributed by atoms with E-state index in [1.54, 1.807) is 12.1 Å². The molecule has 0 radical (unpaired) electrons. The van der Waals surface area contributed by atoms with Crippen LogP contribution < -0.4 is 10.6 Å². The molecule has 0 saturated heterocycles. The molecule has 156 valence electrons. The number of benzene rings is 2. The van der Waals surface area contributed by atoms with E-state index in [2.05, 4.69) is 20.8 Å². The summed E-state index contributed by atoms with van der Waals surface area (Å²) in [5, 5.41) is 14.8. The first kappa shape index (κ1) is 21.6. The Morgan fingerprint density at radius 3 is 2.40 bits per heavy atom. The number of nitrogens with one attached hydrogen (secondary N) is 2. The maximum atomic E-state index is 12.3. The lowest BCUT2D eigenvalue weighted by molar-refractivity contribution is -0.118. The van der Waals surface area contributed by atoms with Gasteiger partial charge in [0, 0.05) is 18.7 Å². The lowest BCUT2D eigenvalue weighted by atomic mass is 10.1. The van der Waals surface area contributed by atoms with Crippen molar-refractivity contribution in [1.29, 1.82) is 0 Å². The first-order chi connectivity index (χ1) is 14.6. The van der Waals surface area contributed by atoms with Gasteiger partial charge >= 0.3 is 0 Å². The Kier molecular flexibility index (Phi) is 7.62. The average molecular weight is 424 g/mol. The van der Waals surface area contributed by atoms with Crippen LogP contribution in [-0.2, 0) is 24.4 Å². The van der Waals surface area contributed by atoms with E-state index in [0.29, 0.717) is 29.6 Å². The first-order valence-corrected chi connectivity index (χ1v) is 10.8. The van der Waals surface area contributed by atoms with Gasteiger partial charge in [-0.3, -0.25) is 9.59 Å². The van der Waals surface area contributed by atoms with Gasteiger partial charge in [-0.05, 0) is 31.5 Å². The quantitative estimate of drug-likeness (QED) is 0.517.